The van der Waals surface area contributed by atoms with Gasteiger partial charge in [-0.15, -0.1) is 0 Å². The van der Waals surface area contributed by atoms with Gasteiger partial charge in [-0.2, -0.15) is 0 Å². The number of aromatic nitrogens is 3. The number of nitrogens with zero attached hydrogens (tertiary/aromatic N) is 5. The van der Waals surface area contributed by atoms with Crippen LogP contribution in [0.25, 0.3) is 0 Å². The Labute approximate surface area is 245 Å². The number of carboxylic acid groups (broad SMARTS) is 1. The van der Waals surface area contributed by atoms with Gasteiger partial charge in [0.15, 0.2) is 0 Å². The zero-order valence-electron chi connectivity index (χ0n) is 23.3. The van der Waals surface area contributed by atoms with Crippen LogP contribution in [0.5, 0.6) is 5.75 Å². The van der Waals surface area contributed by atoms with Gasteiger partial charge in [-0.25, -0.2) is 4.79 Å². The van der Waals surface area contributed by atoms with E-state index in [1.165, 1.54) is 0 Å². The Balaban J connectivity index is 1.45. The van der Waals surface area contributed by atoms with Gasteiger partial charge < -0.3 is 10.2 Å². The minimum absolute atomic E-state index is 0.204. The number of pyridine rings is 3. The second-order valence-electron chi connectivity index (χ2n) is 10.1. The fourth-order valence-electron chi connectivity index (χ4n) is 5.06. The maximum Gasteiger partial charge on any atom is 0.336 e. The van der Waals surface area contributed by atoms with Gasteiger partial charge in [-0.1, -0.05) is 54.6 Å². The molecule has 0 aliphatic rings. The summed E-state index contributed by atoms with van der Waals surface area (Å²) < 4.78 is 0. The van der Waals surface area contributed by atoms with Crippen molar-refractivity contribution in [1.82, 2.24) is 24.8 Å². The largest absolute Gasteiger partial charge is 0.508 e. The standard InChI is InChI=1S/C34H33N5O3/c40-32-16-2-1-10-26(32)20-38(23-29-13-3-6-17-35-29)21-27-11-9-12-28(33(27)34(41)42)22-39(24-30-14-4-7-18-36-30)25-31-15-5-8-19-37-31/h1-19,40H,20-25H2,(H,41,42). The molecular formula is C34H33N5O3. The van der Waals surface area contributed by atoms with Crippen LogP contribution in [0.3, 0.4) is 0 Å². The first-order valence-electron chi connectivity index (χ1n) is 13.8. The van der Waals surface area contributed by atoms with Crippen LogP contribution in [-0.2, 0) is 39.3 Å². The van der Waals surface area contributed by atoms with Crippen molar-refractivity contribution in [2.45, 2.75) is 39.3 Å². The predicted molar refractivity (Wildman–Crippen MR) is 160 cm³/mol. The third-order valence-corrected chi connectivity index (χ3v) is 6.96. The van der Waals surface area contributed by atoms with E-state index in [4.69, 9.17) is 0 Å². The van der Waals surface area contributed by atoms with Crippen molar-refractivity contribution in [1.29, 1.82) is 0 Å². The molecule has 212 valence electrons. The lowest BCUT2D eigenvalue weighted by molar-refractivity contribution is 0.0691. The second kappa shape index (κ2) is 14.1. The molecule has 0 saturated heterocycles. The lowest BCUT2D eigenvalue weighted by Gasteiger charge is -2.26. The summed E-state index contributed by atoms with van der Waals surface area (Å²) in [5, 5.41) is 20.9. The molecule has 8 nitrogen and oxygen atoms in total. The zero-order valence-corrected chi connectivity index (χ0v) is 23.3. The number of phenols is 1. The number of benzene rings is 2. The number of rotatable bonds is 13. The number of hydrogen-bond donors (Lipinski definition) is 2. The van der Waals surface area contributed by atoms with E-state index in [-0.39, 0.29) is 11.3 Å². The lowest BCUT2D eigenvalue weighted by Crippen LogP contribution is -2.27. The Hall–Kier alpha value is -4.92. The van der Waals surface area contributed by atoms with Crippen molar-refractivity contribution < 1.29 is 15.0 Å². The molecule has 5 aromatic rings. The molecule has 8 heteroatoms. The third kappa shape index (κ3) is 7.84. The summed E-state index contributed by atoms with van der Waals surface area (Å²) in [5.41, 5.74) is 5.11. The molecule has 0 bridgehead atoms. The number of para-hydroxylation sites is 1. The van der Waals surface area contributed by atoms with Gasteiger partial charge in [0.05, 0.1) is 22.6 Å². The molecular weight excluding hydrogens is 526 g/mol. The molecule has 0 aliphatic carbocycles. The summed E-state index contributed by atoms with van der Waals surface area (Å²) >= 11 is 0. The fourth-order valence-corrected chi connectivity index (χ4v) is 5.06. The minimum Gasteiger partial charge on any atom is -0.508 e. The fraction of sp³-hybridized carbons (Fsp3) is 0.176. The van der Waals surface area contributed by atoms with E-state index < -0.39 is 5.97 Å². The molecule has 0 unspecified atom stereocenters. The molecule has 0 amide bonds. The van der Waals surface area contributed by atoms with Crippen LogP contribution < -0.4 is 0 Å². The molecule has 0 saturated carbocycles. The maximum absolute atomic E-state index is 12.8. The van der Waals surface area contributed by atoms with Crippen molar-refractivity contribution in [3.8, 4) is 5.75 Å². The van der Waals surface area contributed by atoms with Gasteiger partial charge in [0.1, 0.15) is 5.75 Å². The molecule has 42 heavy (non-hydrogen) atoms. The molecule has 5 rings (SSSR count). The van der Waals surface area contributed by atoms with Crippen LogP contribution in [0.2, 0.25) is 0 Å². The zero-order chi connectivity index (χ0) is 29.1. The van der Waals surface area contributed by atoms with Crippen molar-refractivity contribution >= 4 is 5.97 Å². The van der Waals surface area contributed by atoms with Gasteiger partial charge in [0.25, 0.3) is 0 Å². The number of carbonyl (C=O) groups is 1. The number of carboxylic acids is 1. The molecule has 3 heterocycles. The average Bonchev–Trinajstić information content (AvgIpc) is 3.00. The smallest absolute Gasteiger partial charge is 0.336 e. The molecule has 0 fully saturated rings. The van der Waals surface area contributed by atoms with Crippen molar-refractivity contribution in [2.24, 2.45) is 0 Å². The molecule has 2 N–H and O–H groups in total. The monoisotopic (exact) mass is 559 g/mol. The minimum atomic E-state index is -0.975. The van der Waals surface area contributed by atoms with Crippen molar-refractivity contribution in [2.75, 3.05) is 0 Å². The van der Waals surface area contributed by atoms with E-state index in [1.807, 2.05) is 84.9 Å². The van der Waals surface area contributed by atoms with Crippen LogP contribution in [0.15, 0.2) is 116 Å². The Bertz CT molecular complexity index is 1540. The van der Waals surface area contributed by atoms with Crippen LogP contribution in [-0.4, -0.2) is 40.9 Å². The van der Waals surface area contributed by atoms with Gasteiger partial charge in [0.2, 0.25) is 0 Å². The number of phenolic OH excluding ortho intramolecular Hbond substituents is 1. The Morgan fingerprint density at radius 3 is 1.36 bits per heavy atom. The summed E-state index contributed by atoms with van der Waals surface area (Å²) in [6.07, 6.45) is 5.27. The average molecular weight is 560 g/mol. The highest BCUT2D eigenvalue weighted by Gasteiger charge is 2.21. The van der Waals surface area contributed by atoms with Crippen LogP contribution in [0, 0.1) is 0 Å². The number of aromatic carboxylic acids is 1. The van der Waals surface area contributed by atoms with Crippen molar-refractivity contribution in [3.63, 3.8) is 0 Å². The van der Waals surface area contributed by atoms with E-state index >= 15 is 0 Å². The molecule has 0 aliphatic heterocycles. The highest BCUT2D eigenvalue weighted by Crippen LogP contribution is 2.24. The van der Waals surface area contributed by atoms with Gasteiger partial charge in [0, 0.05) is 63.4 Å². The summed E-state index contributed by atoms with van der Waals surface area (Å²) in [6.45, 7) is 2.77. The Kier molecular flexibility index (Phi) is 9.61. The first kappa shape index (κ1) is 28.6. The normalized spacial score (nSPS) is 11.2. The van der Waals surface area contributed by atoms with E-state index in [1.54, 1.807) is 30.7 Å². The van der Waals surface area contributed by atoms with E-state index in [9.17, 15) is 15.0 Å². The third-order valence-electron chi connectivity index (χ3n) is 6.96. The van der Waals surface area contributed by atoms with E-state index in [0.29, 0.717) is 50.4 Å². The molecule has 0 atom stereocenters. The summed E-state index contributed by atoms with van der Waals surface area (Å²) in [4.78, 5) is 30.5. The lowest BCUT2D eigenvalue weighted by atomic mass is 9.99. The van der Waals surface area contributed by atoms with E-state index in [2.05, 4.69) is 24.8 Å². The van der Waals surface area contributed by atoms with Crippen LogP contribution in [0.1, 0.15) is 44.1 Å². The maximum atomic E-state index is 12.8. The van der Waals surface area contributed by atoms with Crippen LogP contribution >= 0.6 is 0 Å². The van der Waals surface area contributed by atoms with Crippen LogP contribution in [0.4, 0.5) is 0 Å². The molecule has 0 radical (unpaired) electrons. The second-order valence-corrected chi connectivity index (χ2v) is 10.1. The van der Waals surface area contributed by atoms with Crippen molar-refractivity contribution in [3.05, 3.63) is 155 Å². The van der Waals surface area contributed by atoms with Gasteiger partial charge in [-0.3, -0.25) is 24.8 Å². The SMILES string of the molecule is O=C(O)c1c(CN(Cc2ccccn2)Cc2ccccn2)cccc1CN(Cc1ccccn1)Cc1ccccc1O. The quantitative estimate of drug-likeness (QED) is 0.190. The highest BCUT2D eigenvalue weighted by atomic mass is 16.4. The predicted octanol–water partition coefficient (Wildman–Crippen LogP) is 5.68. The Morgan fingerprint density at radius 2 is 0.929 bits per heavy atom. The first-order chi connectivity index (χ1) is 20.5. The Morgan fingerprint density at radius 1 is 0.524 bits per heavy atom. The first-order valence-corrected chi connectivity index (χ1v) is 13.8. The highest BCUT2D eigenvalue weighted by molar-refractivity contribution is 5.91. The molecule has 2 aromatic carbocycles. The van der Waals surface area contributed by atoms with E-state index in [0.717, 1.165) is 22.6 Å². The van der Waals surface area contributed by atoms with Gasteiger partial charge >= 0.3 is 5.97 Å². The molecule has 3 aromatic heterocycles. The van der Waals surface area contributed by atoms with Gasteiger partial charge in [-0.05, 0) is 53.6 Å². The number of aromatic hydroxyl groups is 1. The summed E-state index contributed by atoms with van der Waals surface area (Å²) in [6, 6.07) is 30.2. The summed E-state index contributed by atoms with van der Waals surface area (Å²) in [7, 11) is 0. The topological polar surface area (TPSA) is 103 Å². The number of hydrogen-bond acceptors (Lipinski definition) is 7. The molecule has 0 spiro atoms. The summed E-state index contributed by atoms with van der Waals surface area (Å²) in [5.74, 6) is -0.771.